The summed E-state index contributed by atoms with van der Waals surface area (Å²) in [7, 11) is 0. The number of nitrogen functional groups attached to an aromatic ring is 1. The van der Waals surface area contributed by atoms with Crippen LogP contribution >= 0.6 is 11.3 Å². The van der Waals surface area contributed by atoms with Gasteiger partial charge in [-0.2, -0.15) is 0 Å². The van der Waals surface area contributed by atoms with Gasteiger partial charge in [0.05, 0.1) is 21.4 Å². The highest BCUT2D eigenvalue weighted by molar-refractivity contribution is 7.17. The summed E-state index contributed by atoms with van der Waals surface area (Å²) in [6.07, 6.45) is 1.62. The Hall–Kier alpha value is -1.88. The van der Waals surface area contributed by atoms with Crippen LogP contribution in [-0.2, 0) is 0 Å². The number of nitrogens with two attached hydrogens (primary N) is 1. The van der Waals surface area contributed by atoms with Crippen molar-refractivity contribution in [1.29, 1.82) is 0 Å². The fourth-order valence-electron chi connectivity index (χ4n) is 1.20. The highest BCUT2D eigenvalue weighted by atomic mass is 32.1. The van der Waals surface area contributed by atoms with Crippen molar-refractivity contribution in [3.8, 4) is 10.6 Å². The van der Waals surface area contributed by atoms with Crippen LogP contribution in [-0.4, -0.2) is 11.0 Å². The van der Waals surface area contributed by atoms with E-state index in [9.17, 15) is 9.90 Å². The summed E-state index contributed by atoms with van der Waals surface area (Å²) < 4.78 is 0. The molecule has 0 fully saturated rings. The van der Waals surface area contributed by atoms with Crippen LogP contribution in [0.5, 0.6) is 0 Å². The first-order valence-electron chi connectivity index (χ1n) is 4.20. The van der Waals surface area contributed by atoms with Crippen LogP contribution in [0.4, 0.5) is 5.69 Å². The number of carbonyl (C=O) groups is 1. The standard InChI is InChI=1S/C10H8N2O2S/c11-6-2-1-5-12-9(6)7-3-4-8(15-7)10(13)14/h1-5H,11H2,(H,13,14)/p-1. The minimum absolute atomic E-state index is 0.176. The third-order valence-electron chi connectivity index (χ3n) is 1.88. The first kappa shape index (κ1) is 9.67. The number of thiophene rings is 1. The summed E-state index contributed by atoms with van der Waals surface area (Å²) >= 11 is 1.10. The van der Waals surface area contributed by atoms with Gasteiger partial charge in [-0.15, -0.1) is 11.3 Å². The number of hydrogen-bond acceptors (Lipinski definition) is 5. The summed E-state index contributed by atoms with van der Waals surface area (Å²) in [5.41, 5.74) is 6.86. The van der Waals surface area contributed by atoms with Crippen LogP contribution < -0.4 is 10.8 Å². The molecule has 0 atom stereocenters. The molecule has 0 aliphatic heterocycles. The maximum absolute atomic E-state index is 10.6. The lowest BCUT2D eigenvalue weighted by atomic mass is 10.2. The van der Waals surface area contributed by atoms with Crippen LogP contribution in [0.25, 0.3) is 10.6 Å². The molecule has 15 heavy (non-hydrogen) atoms. The van der Waals surface area contributed by atoms with E-state index in [1.54, 1.807) is 24.4 Å². The van der Waals surface area contributed by atoms with Crippen molar-refractivity contribution in [3.05, 3.63) is 35.3 Å². The smallest absolute Gasteiger partial charge is 0.103 e. The maximum atomic E-state index is 10.6. The third-order valence-corrected chi connectivity index (χ3v) is 2.95. The van der Waals surface area contributed by atoms with E-state index in [2.05, 4.69) is 4.98 Å². The van der Waals surface area contributed by atoms with E-state index in [1.807, 2.05) is 0 Å². The molecule has 0 unspecified atom stereocenters. The minimum atomic E-state index is -1.18. The summed E-state index contributed by atoms with van der Waals surface area (Å²) in [5, 5.41) is 10.6. The van der Waals surface area contributed by atoms with Crippen LogP contribution in [0.3, 0.4) is 0 Å². The van der Waals surface area contributed by atoms with Gasteiger partial charge in [0.2, 0.25) is 0 Å². The molecular weight excluding hydrogens is 212 g/mol. The van der Waals surface area contributed by atoms with Crippen molar-refractivity contribution in [1.82, 2.24) is 4.98 Å². The van der Waals surface area contributed by atoms with Crippen molar-refractivity contribution in [2.45, 2.75) is 0 Å². The minimum Gasteiger partial charge on any atom is -0.544 e. The highest BCUT2D eigenvalue weighted by Gasteiger charge is 2.07. The van der Waals surface area contributed by atoms with E-state index in [0.717, 1.165) is 16.2 Å². The van der Waals surface area contributed by atoms with Gasteiger partial charge >= 0.3 is 0 Å². The molecular formula is C10H7N2O2S-. The van der Waals surface area contributed by atoms with Gasteiger partial charge in [-0.1, -0.05) is 0 Å². The quantitative estimate of drug-likeness (QED) is 0.808. The van der Waals surface area contributed by atoms with E-state index < -0.39 is 5.97 Å². The lowest BCUT2D eigenvalue weighted by Crippen LogP contribution is -2.20. The molecule has 0 radical (unpaired) electrons. The van der Waals surface area contributed by atoms with Crippen LogP contribution in [0.2, 0.25) is 0 Å². The van der Waals surface area contributed by atoms with Gasteiger partial charge in [-0.05, 0) is 24.3 Å². The molecule has 2 heterocycles. The molecule has 0 amide bonds. The van der Waals surface area contributed by atoms with E-state index in [1.165, 1.54) is 6.07 Å². The largest absolute Gasteiger partial charge is 0.544 e. The fourth-order valence-corrected chi connectivity index (χ4v) is 2.06. The average Bonchev–Trinajstić information content (AvgIpc) is 2.67. The van der Waals surface area contributed by atoms with Crippen LogP contribution in [0.1, 0.15) is 9.67 Å². The normalized spacial score (nSPS) is 10.1. The highest BCUT2D eigenvalue weighted by Crippen LogP contribution is 2.29. The first-order valence-corrected chi connectivity index (χ1v) is 5.02. The average molecular weight is 219 g/mol. The van der Waals surface area contributed by atoms with E-state index in [-0.39, 0.29) is 4.88 Å². The lowest BCUT2D eigenvalue weighted by molar-refractivity contribution is -0.254. The molecule has 5 heteroatoms. The second kappa shape index (κ2) is 3.70. The number of aromatic carboxylic acids is 1. The van der Waals surface area contributed by atoms with Crippen LogP contribution in [0.15, 0.2) is 30.5 Å². The molecule has 0 aliphatic rings. The van der Waals surface area contributed by atoms with Gasteiger partial charge in [-0.3, -0.25) is 4.98 Å². The topological polar surface area (TPSA) is 79.0 Å². The van der Waals surface area contributed by atoms with Crippen molar-refractivity contribution in [2.75, 3.05) is 5.73 Å². The monoisotopic (exact) mass is 219 g/mol. The zero-order chi connectivity index (χ0) is 10.8. The van der Waals surface area contributed by atoms with Crippen molar-refractivity contribution in [3.63, 3.8) is 0 Å². The van der Waals surface area contributed by atoms with Gasteiger partial charge in [0.15, 0.2) is 0 Å². The zero-order valence-electron chi connectivity index (χ0n) is 7.64. The number of anilines is 1. The molecule has 0 spiro atoms. The van der Waals surface area contributed by atoms with E-state index in [4.69, 9.17) is 5.73 Å². The molecule has 0 aromatic carbocycles. The number of aromatic nitrogens is 1. The number of carbonyl (C=O) groups excluding carboxylic acids is 1. The Labute approximate surface area is 90.0 Å². The van der Waals surface area contributed by atoms with Crippen molar-refractivity contribution < 1.29 is 9.90 Å². The Kier molecular flexibility index (Phi) is 2.39. The first-order chi connectivity index (χ1) is 7.18. The number of pyridine rings is 1. The van der Waals surface area contributed by atoms with E-state index >= 15 is 0 Å². The molecule has 76 valence electrons. The molecule has 0 saturated carbocycles. The maximum Gasteiger partial charge on any atom is 0.103 e. The molecule has 2 aromatic heterocycles. The van der Waals surface area contributed by atoms with Gasteiger partial charge in [-0.25, -0.2) is 0 Å². The molecule has 2 rings (SSSR count). The number of rotatable bonds is 2. The predicted octanol–water partition coefficient (Wildman–Crippen LogP) is 0.756. The Morgan fingerprint density at radius 1 is 1.40 bits per heavy atom. The predicted molar refractivity (Wildman–Crippen MR) is 56.3 cm³/mol. The number of nitrogens with zero attached hydrogens (tertiary/aromatic N) is 1. The second-order valence-corrected chi connectivity index (χ2v) is 3.98. The SMILES string of the molecule is Nc1cccnc1-c1ccc(C(=O)[O-])s1. The Morgan fingerprint density at radius 3 is 2.80 bits per heavy atom. The molecule has 0 aliphatic carbocycles. The summed E-state index contributed by atoms with van der Waals surface area (Å²) in [6, 6.07) is 6.62. The second-order valence-electron chi connectivity index (χ2n) is 2.89. The molecule has 4 nitrogen and oxygen atoms in total. The van der Waals surface area contributed by atoms with Crippen molar-refractivity contribution in [2.24, 2.45) is 0 Å². The third kappa shape index (κ3) is 1.82. The zero-order valence-corrected chi connectivity index (χ0v) is 8.45. The summed E-state index contributed by atoms with van der Waals surface area (Å²) in [4.78, 5) is 15.6. The van der Waals surface area contributed by atoms with Gasteiger partial charge < -0.3 is 15.6 Å². The Morgan fingerprint density at radius 2 is 2.20 bits per heavy atom. The lowest BCUT2D eigenvalue weighted by Gasteiger charge is -2.00. The molecule has 0 bridgehead atoms. The van der Waals surface area contributed by atoms with Crippen LogP contribution in [0, 0.1) is 0 Å². The van der Waals surface area contributed by atoms with Gasteiger partial charge in [0.25, 0.3) is 0 Å². The van der Waals surface area contributed by atoms with E-state index in [0.29, 0.717) is 11.4 Å². The fraction of sp³-hybridized carbons (Fsp3) is 0. The number of carboxylic acid groups (broad SMARTS) is 1. The molecule has 0 saturated heterocycles. The van der Waals surface area contributed by atoms with Crippen molar-refractivity contribution >= 4 is 23.0 Å². The Balaban J connectivity index is 2.46. The van der Waals surface area contributed by atoms with Gasteiger partial charge in [0, 0.05) is 6.20 Å². The number of carboxylic acids is 1. The Bertz CT molecular complexity index is 508. The molecule has 2 aromatic rings. The summed E-state index contributed by atoms with van der Waals surface area (Å²) in [5.74, 6) is -1.18. The van der Waals surface area contributed by atoms with Gasteiger partial charge in [0.1, 0.15) is 5.69 Å². The summed E-state index contributed by atoms with van der Waals surface area (Å²) in [6.45, 7) is 0. The molecule has 2 N–H and O–H groups in total. The number of hydrogen-bond donors (Lipinski definition) is 1.